The predicted molar refractivity (Wildman–Crippen MR) is 104 cm³/mol. The van der Waals surface area contributed by atoms with Crippen LogP contribution in [0.2, 0.25) is 0 Å². The summed E-state index contributed by atoms with van der Waals surface area (Å²) in [6.45, 7) is 0. The van der Waals surface area contributed by atoms with Gasteiger partial charge in [0.05, 0.1) is 12.5 Å². The van der Waals surface area contributed by atoms with Crippen LogP contribution in [0, 0.1) is 3.95 Å². The van der Waals surface area contributed by atoms with Crippen LogP contribution >= 0.6 is 23.6 Å². The summed E-state index contributed by atoms with van der Waals surface area (Å²) in [4.78, 5) is 24.9. The normalized spacial score (nSPS) is 11.5. The molecule has 8 heteroatoms. The molecule has 2 amide bonds. The van der Waals surface area contributed by atoms with Crippen molar-refractivity contribution in [3.8, 4) is 0 Å². The Morgan fingerprint density at radius 2 is 1.73 bits per heavy atom. The highest BCUT2D eigenvalue weighted by molar-refractivity contribution is 7.73. The van der Waals surface area contributed by atoms with Crippen molar-refractivity contribution in [3.05, 3.63) is 75.7 Å². The Labute approximate surface area is 159 Å². The van der Waals surface area contributed by atoms with Crippen LogP contribution in [-0.4, -0.2) is 22.0 Å². The number of carbonyl (C=O) groups excluding carboxylic acids is 2. The second kappa shape index (κ2) is 8.50. The molecule has 0 aliphatic heterocycles. The van der Waals surface area contributed by atoms with Crippen LogP contribution in [0.1, 0.15) is 28.4 Å². The largest absolute Gasteiger partial charge is 0.345 e. The van der Waals surface area contributed by atoms with Crippen LogP contribution < -0.4 is 10.6 Å². The lowest BCUT2D eigenvalue weighted by Gasteiger charge is -2.18. The first kappa shape index (κ1) is 18.0. The summed E-state index contributed by atoms with van der Waals surface area (Å²) in [5.41, 5.74) is 1.39. The summed E-state index contributed by atoms with van der Waals surface area (Å²) in [5, 5.41) is 12.6. The molecule has 1 aromatic heterocycles. The fourth-order valence-corrected chi connectivity index (χ4v) is 3.21. The molecule has 0 saturated carbocycles. The number of anilines is 1. The Kier molecular flexibility index (Phi) is 5.88. The second-order valence-electron chi connectivity index (χ2n) is 5.47. The molecule has 6 nitrogen and oxygen atoms in total. The number of amides is 2. The maximum Gasteiger partial charge on any atom is 0.251 e. The lowest BCUT2D eigenvalue weighted by atomic mass is 10.0. The molecule has 0 spiro atoms. The fraction of sp³-hybridized carbons (Fsp3) is 0.111. The molecule has 3 N–H and O–H groups in total. The highest BCUT2D eigenvalue weighted by Gasteiger charge is 2.19. The first-order valence-electron chi connectivity index (χ1n) is 7.88. The number of aromatic nitrogens is 2. The van der Waals surface area contributed by atoms with Crippen molar-refractivity contribution < 1.29 is 9.59 Å². The number of hydrogen-bond donors (Lipinski definition) is 3. The zero-order valence-corrected chi connectivity index (χ0v) is 15.3. The van der Waals surface area contributed by atoms with Crippen molar-refractivity contribution in [3.63, 3.8) is 0 Å². The lowest BCUT2D eigenvalue weighted by Crippen LogP contribution is -2.31. The molecule has 0 aliphatic rings. The van der Waals surface area contributed by atoms with Gasteiger partial charge in [-0.05, 0) is 29.9 Å². The van der Waals surface area contributed by atoms with Crippen molar-refractivity contribution in [1.29, 1.82) is 0 Å². The van der Waals surface area contributed by atoms with E-state index >= 15 is 0 Å². The number of aromatic amines is 1. The molecule has 26 heavy (non-hydrogen) atoms. The summed E-state index contributed by atoms with van der Waals surface area (Å²) in [7, 11) is 0. The minimum absolute atomic E-state index is 0.0783. The molecule has 2 aromatic carbocycles. The van der Waals surface area contributed by atoms with E-state index in [4.69, 9.17) is 12.2 Å². The maximum atomic E-state index is 12.5. The average Bonchev–Trinajstić information content (AvgIpc) is 3.07. The molecular formula is C18H16N4O2S2. The molecule has 0 aliphatic carbocycles. The van der Waals surface area contributed by atoms with E-state index in [-0.39, 0.29) is 18.2 Å². The van der Waals surface area contributed by atoms with Crippen LogP contribution in [0.5, 0.6) is 0 Å². The van der Waals surface area contributed by atoms with Gasteiger partial charge in [0.25, 0.3) is 5.91 Å². The van der Waals surface area contributed by atoms with E-state index < -0.39 is 6.04 Å². The van der Waals surface area contributed by atoms with Gasteiger partial charge in [-0.2, -0.15) is 0 Å². The monoisotopic (exact) mass is 384 g/mol. The molecule has 132 valence electrons. The third kappa shape index (κ3) is 4.84. The molecule has 0 radical (unpaired) electrons. The summed E-state index contributed by atoms with van der Waals surface area (Å²) in [5.74, 6) is -0.493. The number of hydrogen-bond acceptors (Lipinski definition) is 5. The summed E-state index contributed by atoms with van der Waals surface area (Å²) in [6, 6.07) is 17.8. The van der Waals surface area contributed by atoms with Crippen molar-refractivity contribution in [2.75, 3.05) is 5.32 Å². The van der Waals surface area contributed by atoms with E-state index in [0.717, 1.165) is 5.56 Å². The van der Waals surface area contributed by atoms with E-state index in [1.54, 1.807) is 24.3 Å². The number of nitrogens with one attached hydrogen (secondary N) is 3. The molecule has 3 aromatic rings. The second-order valence-corrected chi connectivity index (χ2v) is 7.14. The Morgan fingerprint density at radius 1 is 1.08 bits per heavy atom. The van der Waals surface area contributed by atoms with Gasteiger partial charge in [0.1, 0.15) is 0 Å². The van der Waals surface area contributed by atoms with Crippen molar-refractivity contribution in [2.45, 2.75) is 12.5 Å². The van der Waals surface area contributed by atoms with Crippen LogP contribution in [0.25, 0.3) is 0 Å². The Balaban J connectivity index is 1.74. The smallest absolute Gasteiger partial charge is 0.251 e. The zero-order valence-electron chi connectivity index (χ0n) is 13.6. The molecule has 1 atom stereocenters. The Morgan fingerprint density at radius 3 is 2.35 bits per heavy atom. The van der Waals surface area contributed by atoms with Gasteiger partial charge in [-0.25, -0.2) is 0 Å². The highest BCUT2D eigenvalue weighted by Crippen LogP contribution is 2.19. The van der Waals surface area contributed by atoms with E-state index in [1.807, 2.05) is 36.4 Å². The van der Waals surface area contributed by atoms with Gasteiger partial charge in [0.15, 0.2) is 3.95 Å². The lowest BCUT2D eigenvalue weighted by molar-refractivity contribution is -0.116. The van der Waals surface area contributed by atoms with Crippen molar-refractivity contribution in [1.82, 2.24) is 15.5 Å². The molecule has 3 rings (SSSR count). The van der Waals surface area contributed by atoms with Gasteiger partial charge >= 0.3 is 0 Å². The minimum Gasteiger partial charge on any atom is -0.345 e. The quantitative estimate of drug-likeness (QED) is 0.566. The van der Waals surface area contributed by atoms with E-state index in [9.17, 15) is 9.59 Å². The summed E-state index contributed by atoms with van der Waals surface area (Å²) >= 11 is 6.13. The van der Waals surface area contributed by atoms with Gasteiger partial charge in [0, 0.05) is 5.56 Å². The zero-order chi connectivity index (χ0) is 18.4. The number of nitrogens with zero attached hydrogens (tertiary/aromatic N) is 1. The van der Waals surface area contributed by atoms with E-state index in [0.29, 0.717) is 14.6 Å². The van der Waals surface area contributed by atoms with Gasteiger partial charge in [-0.15, -0.1) is 5.10 Å². The van der Waals surface area contributed by atoms with Gasteiger partial charge in [0.2, 0.25) is 11.0 Å². The van der Waals surface area contributed by atoms with Crippen LogP contribution in [0.3, 0.4) is 0 Å². The van der Waals surface area contributed by atoms with E-state index in [2.05, 4.69) is 20.8 Å². The van der Waals surface area contributed by atoms with Crippen LogP contribution in [-0.2, 0) is 4.79 Å². The topological polar surface area (TPSA) is 86.9 Å². The van der Waals surface area contributed by atoms with Crippen molar-refractivity contribution in [2.24, 2.45) is 0 Å². The number of H-pyrrole nitrogens is 1. The summed E-state index contributed by atoms with van der Waals surface area (Å²) in [6.07, 6.45) is 0.0783. The first-order valence-corrected chi connectivity index (χ1v) is 9.10. The standard InChI is InChI=1S/C18H16N4O2S2/c23-15(20-17-21-22-18(25)26-17)11-14(12-7-3-1-4-8-12)19-16(24)13-9-5-2-6-10-13/h1-10,14H,11H2,(H,19,24)(H,22,25)(H,20,21,23). The predicted octanol–water partition coefficient (Wildman–Crippen LogP) is 3.70. The summed E-state index contributed by atoms with van der Waals surface area (Å²) < 4.78 is 0.484. The average molecular weight is 384 g/mol. The Hall–Kier alpha value is -2.84. The van der Waals surface area contributed by atoms with Gasteiger partial charge < -0.3 is 10.6 Å². The maximum absolute atomic E-state index is 12.5. The SMILES string of the molecule is O=C(CC(NC(=O)c1ccccc1)c1ccccc1)Nc1n[nH]c(=S)s1. The highest BCUT2D eigenvalue weighted by atomic mass is 32.1. The van der Waals surface area contributed by atoms with Crippen molar-refractivity contribution >= 4 is 40.5 Å². The van der Waals surface area contributed by atoms with Crippen LogP contribution in [0.4, 0.5) is 5.13 Å². The third-order valence-electron chi connectivity index (χ3n) is 3.62. The fourth-order valence-electron chi connectivity index (χ4n) is 2.41. The number of benzene rings is 2. The molecule has 0 saturated heterocycles. The number of carbonyl (C=O) groups is 2. The third-order valence-corrected chi connectivity index (χ3v) is 4.62. The molecular weight excluding hydrogens is 368 g/mol. The van der Waals surface area contributed by atoms with Gasteiger partial charge in [-0.1, -0.05) is 59.9 Å². The first-order chi connectivity index (χ1) is 12.6. The molecule has 0 bridgehead atoms. The van der Waals surface area contributed by atoms with Crippen LogP contribution in [0.15, 0.2) is 60.7 Å². The van der Waals surface area contributed by atoms with Gasteiger partial charge in [-0.3, -0.25) is 14.7 Å². The minimum atomic E-state index is -0.462. The number of rotatable bonds is 6. The molecule has 1 unspecified atom stereocenters. The Bertz CT molecular complexity index is 938. The van der Waals surface area contributed by atoms with E-state index in [1.165, 1.54) is 11.3 Å². The molecule has 0 fully saturated rings. The molecule has 1 heterocycles.